The standard InChI is InChI=1S/C16H36N4O.HI/c1-6-11-20(12-7-2)13-9-10-18-16(17-8-3)19-15(4)14-21-5;/h15H,6-14H2,1-5H3,(H2,17,18,19);1H. The van der Waals surface area contributed by atoms with Gasteiger partial charge in [0.05, 0.1) is 6.61 Å². The first-order chi connectivity index (χ1) is 10.2. The van der Waals surface area contributed by atoms with Crippen LogP contribution in [0, 0.1) is 0 Å². The highest BCUT2D eigenvalue weighted by Gasteiger charge is 2.05. The summed E-state index contributed by atoms with van der Waals surface area (Å²) in [5.41, 5.74) is 0. The highest BCUT2D eigenvalue weighted by Crippen LogP contribution is 1.96. The third-order valence-electron chi connectivity index (χ3n) is 3.13. The Kier molecular flexibility index (Phi) is 19.0. The van der Waals surface area contributed by atoms with Crippen molar-refractivity contribution in [2.24, 2.45) is 4.99 Å². The van der Waals surface area contributed by atoms with Crippen molar-refractivity contribution in [3.63, 3.8) is 0 Å². The second kappa shape index (κ2) is 17.3. The van der Waals surface area contributed by atoms with Crippen LogP contribution in [-0.4, -0.2) is 63.3 Å². The molecule has 0 bridgehead atoms. The maximum atomic E-state index is 5.14. The fourth-order valence-corrected chi connectivity index (χ4v) is 2.30. The minimum absolute atomic E-state index is 0. The summed E-state index contributed by atoms with van der Waals surface area (Å²) in [7, 11) is 1.72. The van der Waals surface area contributed by atoms with E-state index in [0.29, 0.717) is 6.61 Å². The number of ether oxygens (including phenoxy) is 1. The Morgan fingerprint density at radius 2 is 1.77 bits per heavy atom. The molecule has 2 N–H and O–H groups in total. The van der Waals surface area contributed by atoms with Crippen LogP contribution >= 0.6 is 24.0 Å². The monoisotopic (exact) mass is 428 g/mol. The summed E-state index contributed by atoms with van der Waals surface area (Å²) >= 11 is 0. The van der Waals surface area contributed by atoms with Crippen molar-refractivity contribution in [1.29, 1.82) is 0 Å². The maximum Gasteiger partial charge on any atom is 0.191 e. The lowest BCUT2D eigenvalue weighted by atomic mass is 10.3. The molecule has 0 aromatic heterocycles. The predicted molar refractivity (Wildman–Crippen MR) is 108 cm³/mol. The molecule has 0 spiro atoms. The molecule has 134 valence electrons. The van der Waals surface area contributed by atoms with Crippen molar-refractivity contribution < 1.29 is 4.74 Å². The smallest absolute Gasteiger partial charge is 0.191 e. The van der Waals surface area contributed by atoms with Crippen LogP contribution < -0.4 is 10.6 Å². The number of halogens is 1. The molecule has 0 aromatic carbocycles. The van der Waals surface area contributed by atoms with Crippen LogP contribution in [0.15, 0.2) is 4.99 Å². The molecule has 0 heterocycles. The van der Waals surface area contributed by atoms with Crippen LogP contribution in [0.2, 0.25) is 0 Å². The Hall–Kier alpha value is -0.0800. The van der Waals surface area contributed by atoms with E-state index in [2.05, 4.69) is 48.2 Å². The van der Waals surface area contributed by atoms with E-state index in [-0.39, 0.29) is 30.0 Å². The van der Waals surface area contributed by atoms with Crippen LogP contribution in [0.1, 0.15) is 47.0 Å². The molecule has 0 radical (unpaired) electrons. The van der Waals surface area contributed by atoms with E-state index in [1.54, 1.807) is 7.11 Å². The molecule has 5 nitrogen and oxygen atoms in total. The van der Waals surface area contributed by atoms with Gasteiger partial charge >= 0.3 is 0 Å². The van der Waals surface area contributed by atoms with Gasteiger partial charge in [0.15, 0.2) is 5.96 Å². The summed E-state index contributed by atoms with van der Waals surface area (Å²) in [5, 5.41) is 6.64. The molecule has 1 unspecified atom stereocenters. The lowest BCUT2D eigenvalue weighted by molar-refractivity contribution is 0.179. The molecule has 0 amide bonds. The zero-order chi connectivity index (χ0) is 15.9. The van der Waals surface area contributed by atoms with Gasteiger partial charge in [-0.15, -0.1) is 24.0 Å². The van der Waals surface area contributed by atoms with Crippen LogP contribution in [0.5, 0.6) is 0 Å². The normalized spacial score (nSPS) is 12.9. The summed E-state index contributed by atoms with van der Waals surface area (Å²) in [5.74, 6) is 0.889. The summed E-state index contributed by atoms with van der Waals surface area (Å²) < 4.78 is 5.14. The van der Waals surface area contributed by atoms with E-state index < -0.39 is 0 Å². The largest absolute Gasteiger partial charge is 0.383 e. The van der Waals surface area contributed by atoms with Crippen molar-refractivity contribution in [2.75, 3.05) is 46.4 Å². The van der Waals surface area contributed by atoms with Crippen molar-refractivity contribution >= 4 is 29.9 Å². The Morgan fingerprint density at radius 1 is 1.14 bits per heavy atom. The third kappa shape index (κ3) is 13.6. The van der Waals surface area contributed by atoms with Gasteiger partial charge in [-0.25, -0.2) is 0 Å². The van der Waals surface area contributed by atoms with Crippen LogP contribution in [-0.2, 0) is 4.74 Å². The molecule has 0 fully saturated rings. The number of rotatable bonds is 12. The van der Waals surface area contributed by atoms with Crippen molar-refractivity contribution in [3.8, 4) is 0 Å². The topological polar surface area (TPSA) is 48.9 Å². The predicted octanol–water partition coefficient (Wildman–Crippen LogP) is 2.71. The van der Waals surface area contributed by atoms with Crippen LogP contribution in [0.3, 0.4) is 0 Å². The van der Waals surface area contributed by atoms with Gasteiger partial charge in [0.2, 0.25) is 0 Å². The van der Waals surface area contributed by atoms with E-state index in [4.69, 9.17) is 4.74 Å². The number of methoxy groups -OCH3 is 1. The van der Waals surface area contributed by atoms with Crippen LogP contribution in [0.25, 0.3) is 0 Å². The average Bonchev–Trinajstić information content (AvgIpc) is 2.44. The number of nitrogens with one attached hydrogen (secondary N) is 2. The highest BCUT2D eigenvalue weighted by molar-refractivity contribution is 14.0. The lowest BCUT2D eigenvalue weighted by Gasteiger charge is -2.20. The van der Waals surface area contributed by atoms with Gasteiger partial charge in [-0.2, -0.15) is 0 Å². The second-order valence-corrected chi connectivity index (χ2v) is 5.46. The minimum atomic E-state index is 0. The molecule has 0 saturated heterocycles. The molecule has 0 rings (SSSR count). The Labute approximate surface area is 154 Å². The molecule has 0 aromatic rings. The summed E-state index contributed by atoms with van der Waals surface area (Å²) in [6.07, 6.45) is 3.55. The van der Waals surface area contributed by atoms with Crippen molar-refractivity contribution in [3.05, 3.63) is 0 Å². The first-order valence-electron chi connectivity index (χ1n) is 8.43. The quantitative estimate of drug-likeness (QED) is 0.217. The molecular formula is C16H37IN4O. The molecule has 1 atom stereocenters. The fraction of sp³-hybridized carbons (Fsp3) is 0.938. The Balaban J connectivity index is 0. The van der Waals surface area contributed by atoms with Gasteiger partial charge in [0.25, 0.3) is 0 Å². The number of hydrogen-bond donors (Lipinski definition) is 2. The summed E-state index contributed by atoms with van der Waals surface area (Å²) in [6.45, 7) is 14.6. The SMILES string of the molecule is CCCN(CCC)CCCN=C(NCC)NC(C)COC.I. The van der Waals surface area contributed by atoms with E-state index in [9.17, 15) is 0 Å². The number of guanidine groups is 1. The van der Waals surface area contributed by atoms with Gasteiger partial charge in [-0.1, -0.05) is 13.8 Å². The summed E-state index contributed by atoms with van der Waals surface area (Å²) in [6, 6.07) is 0.268. The van der Waals surface area contributed by atoms with Gasteiger partial charge in [0, 0.05) is 26.2 Å². The third-order valence-corrected chi connectivity index (χ3v) is 3.13. The lowest BCUT2D eigenvalue weighted by Crippen LogP contribution is -2.44. The number of hydrogen-bond acceptors (Lipinski definition) is 3. The van der Waals surface area contributed by atoms with Gasteiger partial charge in [-0.3, -0.25) is 4.99 Å². The van der Waals surface area contributed by atoms with Crippen LogP contribution in [0.4, 0.5) is 0 Å². The molecule has 0 saturated carbocycles. The van der Waals surface area contributed by atoms with E-state index in [0.717, 1.165) is 32.0 Å². The zero-order valence-electron chi connectivity index (χ0n) is 15.2. The van der Waals surface area contributed by atoms with Gasteiger partial charge in [0.1, 0.15) is 0 Å². The van der Waals surface area contributed by atoms with E-state index in [1.807, 2.05) is 0 Å². The molecule has 0 aliphatic heterocycles. The highest BCUT2D eigenvalue weighted by atomic mass is 127. The zero-order valence-corrected chi connectivity index (χ0v) is 17.5. The Morgan fingerprint density at radius 3 is 2.27 bits per heavy atom. The number of aliphatic imine (C=N–C) groups is 1. The first kappa shape index (κ1) is 24.2. The van der Waals surface area contributed by atoms with E-state index in [1.165, 1.54) is 25.9 Å². The van der Waals surface area contributed by atoms with E-state index >= 15 is 0 Å². The Bertz CT molecular complexity index is 259. The van der Waals surface area contributed by atoms with Gasteiger partial charge < -0.3 is 20.3 Å². The van der Waals surface area contributed by atoms with Crippen molar-refractivity contribution in [2.45, 2.75) is 53.0 Å². The minimum Gasteiger partial charge on any atom is -0.383 e. The molecular weight excluding hydrogens is 391 g/mol. The molecule has 0 aliphatic carbocycles. The molecule has 0 aliphatic rings. The van der Waals surface area contributed by atoms with Crippen molar-refractivity contribution in [1.82, 2.24) is 15.5 Å². The summed E-state index contributed by atoms with van der Waals surface area (Å²) in [4.78, 5) is 7.17. The second-order valence-electron chi connectivity index (χ2n) is 5.46. The molecule has 22 heavy (non-hydrogen) atoms. The fourth-order valence-electron chi connectivity index (χ4n) is 2.30. The van der Waals surface area contributed by atoms with Gasteiger partial charge in [-0.05, 0) is 52.7 Å². The average molecular weight is 428 g/mol. The maximum absolute atomic E-state index is 5.14. The molecule has 6 heteroatoms. The first-order valence-corrected chi connectivity index (χ1v) is 8.43. The number of nitrogens with zero attached hydrogens (tertiary/aromatic N) is 2.